The van der Waals surface area contributed by atoms with Crippen LogP contribution in [0.2, 0.25) is 0 Å². The normalized spacial score (nSPS) is 22.4. The Morgan fingerprint density at radius 2 is 0.983 bits per heavy atom. The molecule has 286 valence electrons. The molecule has 0 N–H and O–H groups in total. The van der Waals surface area contributed by atoms with Crippen LogP contribution in [0.4, 0.5) is 0 Å². The summed E-state index contributed by atoms with van der Waals surface area (Å²) in [5, 5.41) is 5.36. The van der Waals surface area contributed by atoms with E-state index in [9.17, 15) is 0 Å². The van der Waals surface area contributed by atoms with Crippen LogP contribution in [0.15, 0.2) is 152 Å². The molecule has 5 aliphatic rings. The van der Waals surface area contributed by atoms with Crippen LogP contribution < -0.4 is 0 Å². The van der Waals surface area contributed by atoms with E-state index < -0.39 is 0 Å². The van der Waals surface area contributed by atoms with Crippen LogP contribution in [0, 0.1) is 23.7 Å². The fourth-order valence-corrected chi connectivity index (χ4v) is 15.0. The third-order valence-electron chi connectivity index (χ3n) is 14.9. The fourth-order valence-electron chi connectivity index (χ4n) is 12.7. The Bertz CT molecular complexity index is 3370. The van der Waals surface area contributed by atoms with Crippen molar-refractivity contribution in [2.24, 2.45) is 23.7 Å². The van der Waals surface area contributed by atoms with Gasteiger partial charge in [0.25, 0.3) is 0 Å². The monoisotopic (exact) mass is 805 g/mol. The van der Waals surface area contributed by atoms with Crippen molar-refractivity contribution in [2.75, 3.05) is 0 Å². The van der Waals surface area contributed by atoms with Crippen molar-refractivity contribution >= 4 is 63.0 Å². The van der Waals surface area contributed by atoms with E-state index in [1.807, 2.05) is 28.7 Å². The summed E-state index contributed by atoms with van der Waals surface area (Å²) in [6.07, 6.45) is 7.04. The standard InChI is InChI=1S/C55H39N3S2/c1-2-8-34(9-3-1)52-56-53(35-16-14-33(15-17-35)36-18-20-41-40-10-5-7-13-46(40)60-49(41)30-36)58-54(57-52)37-19-22-47-43(29-37)51-48(59-47)23-21-45-50(51)42-11-4-6-12-44(42)55(45)38-25-31-24-32(27-38)28-39(55)26-31/h1-23,29-32,38-39H,24-28H2. The van der Waals surface area contributed by atoms with Gasteiger partial charge in [0.15, 0.2) is 17.5 Å². The first-order chi connectivity index (χ1) is 29.7. The zero-order chi connectivity index (χ0) is 39.1. The fraction of sp³-hybridized carbons (Fsp3) is 0.182. The van der Waals surface area contributed by atoms with Crippen LogP contribution in [0.3, 0.4) is 0 Å². The number of benzene rings is 7. The molecule has 0 atom stereocenters. The minimum atomic E-state index is 0.147. The number of fused-ring (bicyclic) bond motifs is 10. The molecule has 1 spiro atoms. The first kappa shape index (κ1) is 33.8. The van der Waals surface area contributed by atoms with E-state index >= 15 is 0 Å². The van der Waals surface area contributed by atoms with E-state index in [-0.39, 0.29) is 5.41 Å². The van der Waals surface area contributed by atoms with Crippen LogP contribution in [-0.4, -0.2) is 15.0 Å². The Balaban J connectivity index is 0.905. The van der Waals surface area contributed by atoms with Crippen molar-refractivity contribution in [3.05, 3.63) is 163 Å². The highest BCUT2D eigenvalue weighted by atomic mass is 32.1. The van der Waals surface area contributed by atoms with Crippen molar-refractivity contribution in [1.82, 2.24) is 15.0 Å². The number of thiophene rings is 2. The first-order valence-corrected chi connectivity index (χ1v) is 23.2. The molecule has 5 heteroatoms. The van der Waals surface area contributed by atoms with Gasteiger partial charge >= 0.3 is 0 Å². The Morgan fingerprint density at radius 1 is 0.400 bits per heavy atom. The maximum absolute atomic E-state index is 5.25. The molecule has 4 fully saturated rings. The summed E-state index contributed by atoms with van der Waals surface area (Å²) >= 11 is 3.78. The maximum Gasteiger partial charge on any atom is 0.164 e. The summed E-state index contributed by atoms with van der Waals surface area (Å²) < 4.78 is 5.31. The molecule has 0 radical (unpaired) electrons. The molecule has 0 aliphatic heterocycles. The molecule has 0 saturated heterocycles. The lowest BCUT2D eigenvalue weighted by molar-refractivity contribution is -0.0399. The van der Waals surface area contributed by atoms with Crippen molar-refractivity contribution in [3.63, 3.8) is 0 Å². The Hall–Kier alpha value is -6.01. The lowest BCUT2D eigenvalue weighted by Crippen LogP contribution is -2.55. The molecule has 3 nitrogen and oxygen atoms in total. The quantitative estimate of drug-likeness (QED) is 0.178. The van der Waals surface area contributed by atoms with Crippen LogP contribution in [-0.2, 0) is 5.41 Å². The maximum atomic E-state index is 5.25. The van der Waals surface area contributed by atoms with Crippen molar-refractivity contribution in [1.29, 1.82) is 0 Å². The lowest BCUT2D eigenvalue weighted by atomic mass is 9.43. The molecule has 60 heavy (non-hydrogen) atoms. The van der Waals surface area contributed by atoms with E-state index in [1.165, 1.54) is 94.7 Å². The van der Waals surface area contributed by atoms with Gasteiger partial charge in [0.2, 0.25) is 0 Å². The van der Waals surface area contributed by atoms with Gasteiger partial charge in [0.05, 0.1) is 0 Å². The predicted molar refractivity (Wildman–Crippen MR) is 251 cm³/mol. The predicted octanol–water partition coefficient (Wildman–Crippen LogP) is 15.0. The van der Waals surface area contributed by atoms with E-state index in [4.69, 9.17) is 15.0 Å². The third kappa shape index (κ3) is 4.73. The molecule has 15 rings (SSSR count). The second kappa shape index (κ2) is 12.5. The second-order valence-electron chi connectivity index (χ2n) is 18.0. The zero-order valence-corrected chi connectivity index (χ0v) is 34.6. The first-order valence-electron chi connectivity index (χ1n) is 21.6. The molecule has 5 aliphatic carbocycles. The minimum absolute atomic E-state index is 0.147. The highest BCUT2D eigenvalue weighted by molar-refractivity contribution is 7.26. The van der Waals surface area contributed by atoms with Crippen LogP contribution in [0.1, 0.15) is 43.2 Å². The Morgan fingerprint density at radius 3 is 1.78 bits per heavy atom. The van der Waals surface area contributed by atoms with Crippen molar-refractivity contribution < 1.29 is 0 Å². The number of aromatic nitrogens is 3. The van der Waals surface area contributed by atoms with Gasteiger partial charge in [-0.3, -0.25) is 0 Å². The van der Waals surface area contributed by atoms with E-state index in [0.717, 1.165) is 40.4 Å². The number of nitrogens with zero attached hydrogens (tertiary/aromatic N) is 3. The summed E-state index contributed by atoms with van der Waals surface area (Å²) in [5.74, 6) is 5.40. The molecular weight excluding hydrogens is 767 g/mol. The lowest BCUT2D eigenvalue weighted by Gasteiger charge is -2.61. The number of hydrogen-bond acceptors (Lipinski definition) is 5. The van der Waals surface area contributed by atoms with Gasteiger partial charge in [-0.05, 0) is 126 Å². The van der Waals surface area contributed by atoms with Crippen LogP contribution in [0.25, 0.3) is 96.8 Å². The Kier molecular flexibility index (Phi) is 7.04. The van der Waals surface area contributed by atoms with E-state index in [0.29, 0.717) is 17.5 Å². The summed E-state index contributed by atoms with van der Waals surface area (Å²) in [5.41, 5.74) is 11.7. The zero-order valence-electron chi connectivity index (χ0n) is 32.9. The molecule has 7 aromatic carbocycles. The smallest absolute Gasteiger partial charge is 0.164 e. The summed E-state index contributed by atoms with van der Waals surface area (Å²) in [7, 11) is 0. The summed E-state index contributed by atoms with van der Waals surface area (Å²) in [4.78, 5) is 15.5. The molecular formula is C55H39N3S2. The molecule has 3 aromatic heterocycles. The largest absolute Gasteiger partial charge is 0.208 e. The highest BCUT2D eigenvalue weighted by Crippen LogP contribution is 2.70. The second-order valence-corrected chi connectivity index (χ2v) is 20.1. The molecule has 3 heterocycles. The average molecular weight is 806 g/mol. The van der Waals surface area contributed by atoms with Gasteiger partial charge in [-0.2, -0.15) is 0 Å². The van der Waals surface area contributed by atoms with Gasteiger partial charge < -0.3 is 0 Å². The number of rotatable bonds is 4. The molecule has 10 aromatic rings. The molecule has 0 unspecified atom stereocenters. The van der Waals surface area contributed by atoms with E-state index in [2.05, 4.69) is 146 Å². The Labute approximate surface area is 356 Å². The van der Waals surface area contributed by atoms with Gasteiger partial charge in [-0.15, -0.1) is 22.7 Å². The average Bonchev–Trinajstić information content (AvgIpc) is 3.96. The SMILES string of the molecule is c1ccc(-c2nc(-c3ccc(-c4ccc5c(c4)sc4ccccc45)cc3)nc(-c3ccc4sc5ccc6c(c5c4c3)-c3ccccc3C63C4CC5CC(C4)CC3C5)n2)cc1. The summed E-state index contributed by atoms with van der Waals surface area (Å²) in [6.45, 7) is 0. The van der Waals surface area contributed by atoms with Crippen molar-refractivity contribution in [3.8, 4) is 56.4 Å². The van der Waals surface area contributed by atoms with Crippen molar-refractivity contribution in [2.45, 2.75) is 37.5 Å². The van der Waals surface area contributed by atoms with Crippen LogP contribution in [0.5, 0.6) is 0 Å². The van der Waals surface area contributed by atoms with Gasteiger partial charge in [-0.25, -0.2) is 15.0 Å². The molecule has 0 amide bonds. The minimum Gasteiger partial charge on any atom is -0.208 e. The highest BCUT2D eigenvalue weighted by Gasteiger charge is 2.61. The van der Waals surface area contributed by atoms with E-state index in [1.54, 1.807) is 11.1 Å². The molecule has 4 bridgehead atoms. The topological polar surface area (TPSA) is 38.7 Å². The molecule has 4 saturated carbocycles. The number of hydrogen-bond donors (Lipinski definition) is 0. The van der Waals surface area contributed by atoms with Crippen LogP contribution >= 0.6 is 22.7 Å². The van der Waals surface area contributed by atoms with Gasteiger partial charge in [0.1, 0.15) is 0 Å². The van der Waals surface area contributed by atoms with Gasteiger partial charge in [-0.1, -0.05) is 115 Å². The third-order valence-corrected chi connectivity index (χ3v) is 17.2. The summed E-state index contributed by atoms with van der Waals surface area (Å²) in [6, 6.07) is 56.0. The van der Waals surface area contributed by atoms with Gasteiger partial charge in [0, 0.05) is 62.4 Å².